The monoisotopic (exact) mass is 261 g/mol. The number of benzene rings is 1. The van der Waals surface area contributed by atoms with Crippen molar-refractivity contribution in [1.29, 1.82) is 0 Å². The number of nitrogens with two attached hydrogens (primary N) is 1. The van der Waals surface area contributed by atoms with Crippen LogP contribution in [0.5, 0.6) is 0 Å². The van der Waals surface area contributed by atoms with Crippen LogP contribution in [-0.2, 0) is 6.42 Å². The molecule has 0 fully saturated rings. The SMILES string of the molecule is N[C@H]1CCCc2c(F)cc(Br)c(F)c21. The molecule has 2 rings (SSSR count). The van der Waals surface area contributed by atoms with Crippen molar-refractivity contribution in [3.05, 3.63) is 33.3 Å². The number of hydrogen-bond acceptors (Lipinski definition) is 1. The van der Waals surface area contributed by atoms with E-state index in [1.165, 1.54) is 6.07 Å². The van der Waals surface area contributed by atoms with Crippen LogP contribution in [0.15, 0.2) is 10.5 Å². The standard InChI is InChI=1S/C10H10BrF2N/c11-6-4-7(12)5-2-1-3-8(14)9(5)10(6)13/h4,8H,1-3,14H2/t8-/m0/s1. The van der Waals surface area contributed by atoms with Gasteiger partial charge in [0.1, 0.15) is 11.6 Å². The van der Waals surface area contributed by atoms with Gasteiger partial charge in [-0.25, -0.2) is 8.78 Å². The van der Waals surface area contributed by atoms with Crippen molar-refractivity contribution < 1.29 is 8.78 Å². The predicted molar refractivity (Wildman–Crippen MR) is 53.9 cm³/mol. The summed E-state index contributed by atoms with van der Waals surface area (Å²) in [5, 5.41) is 0. The molecule has 76 valence electrons. The first-order valence-electron chi connectivity index (χ1n) is 4.53. The third kappa shape index (κ3) is 1.46. The van der Waals surface area contributed by atoms with Gasteiger partial charge in [0.25, 0.3) is 0 Å². The second-order valence-electron chi connectivity index (χ2n) is 3.55. The van der Waals surface area contributed by atoms with E-state index in [0.29, 0.717) is 17.5 Å². The quantitative estimate of drug-likeness (QED) is 0.714. The maximum atomic E-state index is 13.6. The van der Waals surface area contributed by atoms with E-state index >= 15 is 0 Å². The first kappa shape index (κ1) is 10.1. The van der Waals surface area contributed by atoms with Gasteiger partial charge in [-0.15, -0.1) is 0 Å². The van der Waals surface area contributed by atoms with Crippen LogP contribution in [0, 0.1) is 11.6 Å². The molecule has 0 amide bonds. The van der Waals surface area contributed by atoms with Crippen molar-refractivity contribution in [3.8, 4) is 0 Å². The Morgan fingerprint density at radius 3 is 2.86 bits per heavy atom. The zero-order chi connectivity index (χ0) is 10.3. The van der Waals surface area contributed by atoms with Gasteiger partial charge in [0.05, 0.1) is 4.47 Å². The zero-order valence-corrected chi connectivity index (χ0v) is 9.07. The van der Waals surface area contributed by atoms with E-state index in [2.05, 4.69) is 15.9 Å². The number of fused-ring (bicyclic) bond motifs is 1. The topological polar surface area (TPSA) is 26.0 Å². The first-order valence-corrected chi connectivity index (χ1v) is 5.32. The van der Waals surface area contributed by atoms with Crippen molar-refractivity contribution in [2.24, 2.45) is 5.73 Å². The molecule has 0 bridgehead atoms. The van der Waals surface area contributed by atoms with Crippen LogP contribution in [0.25, 0.3) is 0 Å². The molecular formula is C10H10BrF2N. The average molecular weight is 262 g/mol. The molecule has 1 aliphatic rings. The number of rotatable bonds is 0. The highest BCUT2D eigenvalue weighted by Gasteiger charge is 2.25. The fourth-order valence-corrected chi connectivity index (χ4v) is 2.35. The van der Waals surface area contributed by atoms with Gasteiger partial charge in [0.2, 0.25) is 0 Å². The minimum atomic E-state index is -0.409. The molecule has 1 aromatic rings. The molecule has 0 unspecified atom stereocenters. The molecule has 0 saturated heterocycles. The Kier molecular flexibility index (Phi) is 2.58. The molecule has 0 heterocycles. The Morgan fingerprint density at radius 2 is 2.14 bits per heavy atom. The van der Waals surface area contributed by atoms with Crippen molar-refractivity contribution in [2.75, 3.05) is 0 Å². The molecule has 0 radical (unpaired) electrons. The summed E-state index contributed by atoms with van der Waals surface area (Å²) in [4.78, 5) is 0. The lowest BCUT2D eigenvalue weighted by molar-refractivity contribution is 0.489. The molecule has 4 heteroatoms. The van der Waals surface area contributed by atoms with Gasteiger partial charge in [0.15, 0.2) is 0 Å². The maximum Gasteiger partial charge on any atom is 0.142 e. The Labute approximate surface area is 89.4 Å². The number of hydrogen-bond donors (Lipinski definition) is 1. The molecule has 0 aromatic heterocycles. The second-order valence-corrected chi connectivity index (χ2v) is 4.40. The van der Waals surface area contributed by atoms with Gasteiger partial charge >= 0.3 is 0 Å². The Morgan fingerprint density at radius 1 is 1.43 bits per heavy atom. The molecule has 0 aliphatic heterocycles. The molecule has 0 saturated carbocycles. The third-order valence-corrected chi connectivity index (χ3v) is 3.20. The summed E-state index contributed by atoms with van der Waals surface area (Å²) in [7, 11) is 0. The van der Waals surface area contributed by atoms with Crippen LogP contribution in [0.2, 0.25) is 0 Å². The lowest BCUT2D eigenvalue weighted by atomic mass is 9.87. The van der Waals surface area contributed by atoms with Crippen LogP contribution in [0.4, 0.5) is 8.78 Å². The minimum Gasteiger partial charge on any atom is -0.324 e. The van der Waals surface area contributed by atoms with E-state index in [1.807, 2.05) is 0 Å². The van der Waals surface area contributed by atoms with Crippen molar-refractivity contribution >= 4 is 15.9 Å². The molecule has 14 heavy (non-hydrogen) atoms. The van der Waals surface area contributed by atoms with E-state index in [-0.39, 0.29) is 16.3 Å². The van der Waals surface area contributed by atoms with E-state index in [0.717, 1.165) is 12.8 Å². The summed E-state index contributed by atoms with van der Waals surface area (Å²) in [6, 6.07) is 0.803. The van der Waals surface area contributed by atoms with Gasteiger partial charge in [0, 0.05) is 11.6 Å². The predicted octanol–water partition coefficient (Wildman–Crippen LogP) is 3.06. The van der Waals surface area contributed by atoms with E-state index < -0.39 is 5.82 Å². The van der Waals surface area contributed by atoms with Gasteiger partial charge in [-0.3, -0.25) is 0 Å². The molecule has 1 aromatic carbocycles. The second kappa shape index (κ2) is 3.59. The molecule has 2 N–H and O–H groups in total. The summed E-state index contributed by atoms with van der Waals surface area (Å²) >= 11 is 2.98. The summed E-state index contributed by atoms with van der Waals surface area (Å²) in [5.74, 6) is -0.767. The number of halogens is 3. The minimum absolute atomic E-state index is 0.158. The zero-order valence-electron chi connectivity index (χ0n) is 7.49. The van der Waals surface area contributed by atoms with E-state index in [4.69, 9.17) is 5.73 Å². The van der Waals surface area contributed by atoms with Crippen LogP contribution in [-0.4, -0.2) is 0 Å². The normalized spacial score (nSPS) is 20.7. The largest absolute Gasteiger partial charge is 0.324 e. The molecule has 1 aliphatic carbocycles. The van der Waals surface area contributed by atoms with Gasteiger partial charge < -0.3 is 5.73 Å². The van der Waals surface area contributed by atoms with Crippen LogP contribution in [0.1, 0.15) is 30.0 Å². The van der Waals surface area contributed by atoms with Gasteiger partial charge in [-0.05, 0) is 46.8 Å². The van der Waals surface area contributed by atoms with Gasteiger partial charge in [-0.2, -0.15) is 0 Å². The molecule has 1 nitrogen and oxygen atoms in total. The van der Waals surface area contributed by atoms with Crippen LogP contribution < -0.4 is 5.73 Å². The highest BCUT2D eigenvalue weighted by atomic mass is 79.9. The Hall–Kier alpha value is -0.480. The maximum absolute atomic E-state index is 13.6. The van der Waals surface area contributed by atoms with Crippen LogP contribution >= 0.6 is 15.9 Å². The summed E-state index contributed by atoms with van der Waals surface area (Å²) in [6.45, 7) is 0. The molecule has 0 spiro atoms. The highest BCUT2D eigenvalue weighted by Crippen LogP contribution is 2.35. The third-order valence-electron chi connectivity index (χ3n) is 2.63. The average Bonchev–Trinajstić information content (AvgIpc) is 2.14. The lowest BCUT2D eigenvalue weighted by Gasteiger charge is -2.23. The van der Waals surface area contributed by atoms with Crippen molar-refractivity contribution in [1.82, 2.24) is 0 Å². The molecular weight excluding hydrogens is 252 g/mol. The van der Waals surface area contributed by atoms with Crippen molar-refractivity contribution in [3.63, 3.8) is 0 Å². The van der Waals surface area contributed by atoms with E-state index in [9.17, 15) is 8.78 Å². The van der Waals surface area contributed by atoms with Gasteiger partial charge in [-0.1, -0.05) is 0 Å². The first-order chi connectivity index (χ1) is 6.61. The molecule has 1 atom stereocenters. The summed E-state index contributed by atoms with van der Waals surface area (Å²) in [6.07, 6.45) is 2.13. The fraction of sp³-hybridized carbons (Fsp3) is 0.400. The van der Waals surface area contributed by atoms with E-state index in [1.54, 1.807) is 0 Å². The van der Waals surface area contributed by atoms with Crippen molar-refractivity contribution in [2.45, 2.75) is 25.3 Å². The smallest absolute Gasteiger partial charge is 0.142 e. The Balaban J connectivity index is 2.67. The summed E-state index contributed by atoms with van der Waals surface area (Å²) in [5.41, 5.74) is 6.56. The lowest BCUT2D eigenvalue weighted by Crippen LogP contribution is -2.20. The summed E-state index contributed by atoms with van der Waals surface area (Å²) < 4.78 is 27.2. The Bertz CT molecular complexity index is 379. The fourth-order valence-electron chi connectivity index (χ4n) is 1.94. The highest BCUT2D eigenvalue weighted by molar-refractivity contribution is 9.10. The van der Waals surface area contributed by atoms with Crippen LogP contribution in [0.3, 0.4) is 0 Å².